The van der Waals surface area contributed by atoms with Crippen molar-refractivity contribution < 1.29 is 23.1 Å². The largest absolute Gasteiger partial charge is 0.478 e. The van der Waals surface area contributed by atoms with Gasteiger partial charge in [0.2, 0.25) is 0 Å². The van der Waals surface area contributed by atoms with E-state index in [2.05, 4.69) is 0 Å². The standard InChI is InChI=1S/C13H17F3N2O2/c1-2-18(7-3-6-13(14,15)16)11-5-4-9(12(19)20)8-10(11)17/h4-5,8H,2-3,6-7,17H2,1H3,(H,19,20). The summed E-state index contributed by atoms with van der Waals surface area (Å²) in [7, 11) is 0. The van der Waals surface area contributed by atoms with Crippen LogP contribution in [0.2, 0.25) is 0 Å². The van der Waals surface area contributed by atoms with Crippen LogP contribution >= 0.6 is 0 Å². The van der Waals surface area contributed by atoms with E-state index in [4.69, 9.17) is 10.8 Å². The first-order valence-corrected chi connectivity index (χ1v) is 6.19. The van der Waals surface area contributed by atoms with Crippen molar-refractivity contribution in [3.63, 3.8) is 0 Å². The van der Waals surface area contributed by atoms with Gasteiger partial charge in [0.1, 0.15) is 0 Å². The lowest BCUT2D eigenvalue weighted by Gasteiger charge is -2.25. The number of benzene rings is 1. The Morgan fingerprint density at radius 1 is 1.40 bits per heavy atom. The fraction of sp³-hybridized carbons (Fsp3) is 0.462. The minimum absolute atomic E-state index is 0.0303. The highest BCUT2D eigenvalue weighted by molar-refractivity contribution is 5.90. The van der Waals surface area contributed by atoms with Crippen molar-refractivity contribution in [3.8, 4) is 0 Å². The summed E-state index contributed by atoms with van der Waals surface area (Å²) in [6, 6.07) is 4.22. The molecule has 0 aliphatic carbocycles. The second-order valence-electron chi connectivity index (χ2n) is 4.38. The number of aromatic carboxylic acids is 1. The Hall–Kier alpha value is -1.92. The first-order chi connectivity index (χ1) is 9.24. The zero-order valence-corrected chi connectivity index (χ0v) is 11.1. The number of rotatable bonds is 6. The number of nitrogen functional groups attached to an aromatic ring is 1. The van der Waals surface area contributed by atoms with Crippen LogP contribution in [0.4, 0.5) is 24.5 Å². The maximum Gasteiger partial charge on any atom is 0.389 e. The van der Waals surface area contributed by atoms with Crippen molar-refractivity contribution in [2.24, 2.45) is 0 Å². The van der Waals surface area contributed by atoms with Gasteiger partial charge < -0.3 is 15.7 Å². The molecule has 112 valence electrons. The van der Waals surface area contributed by atoms with Crippen LogP contribution in [-0.2, 0) is 0 Å². The molecule has 0 aromatic heterocycles. The van der Waals surface area contributed by atoms with Gasteiger partial charge >= 0.3 is 12.1 Å². The zero-order valence-electron chi connectivity index (χ0n) is 11.1. The van der Waals surface area contributed by atoms with Gasteiger partial charge in [-0.05, 0) is 31.5 Å². The summed E-state index contributed by atoms with van der Waals surface area (Å²) in [5.74, 6) is -1.09. The SMILES string of the molecule is CCN(CCCC(F)(F)F)c1ccc(C(=O)O)cc1N. The summed E-state index contributed by atoms with van der Waals surface area (Å²) in [4.78, 5) is 12.5. The lowest BCUT2D eigenvalue weighted by Crippen LogP contribution is -2.26. The molecule has 0 radical (unpaired) electrons. The quantitative estimate of drug-likeness (QED) is 0.790. The van der Waals surface area contributed by atoms with E-state index in [-0.39, 0.29) is 24.2 Å². The molecule has 0 saturated heterocycles. The number of nitrogens with two attached hydrogens (primary N) is 1. The molecule has 0 heterocycles. The Labute approximate surface area is 115 Å². The summed E-state index contributed by atoms with van der Waals surface area (Å²) in [5, 5.41) is 8.83. The van der Waals surface area contributed by atoms with Gasteiger partial charge in [0, 0.05) is 19.5 Å². The van der Waals surface area contributed by atoms with Crippen molar-refractivity contribution in [2.75, 3.05) is 23.7 Å². The van der Waals surface area contributed by atoms with Gasteiger partial charge in [-0.3, -0.25) is 0 Å². The van der Waals surface area contributed by atoms with Crippen molar-refractivity contribution in [3.05, 3.63) is 23.8 Å². The van der Waals surface area contributed by atoms with Crippen LogP contribution in [0.5, 0.6) is 0 Å². The zero-order chi connectivity index (χ0) is 15.3. The summed E-state index contributed by atoms with van der Waals surface area (Å²) in [5.41, 5.74) is 6.62. The van der Waals surface area contributed by atoms with Crippen LogP contribution in [0.15, 0.2) is 18.2 Å². The van der Waals surface area contributed by atoms with Gasteiger partial charge in [0.15, 0.2) is 0 Å². The van der Waals surface area contributed by atoms with Crippen molar-refractivity contribution >= 4 is 17.3 Å². The fourth-order valence-electron chi connectivity index (χ4n) is 1.89. The minimum atomic E-state index is -4.17. The number of hydrogen-bond donors (Lipinski definition) is 2. The molecule has 0 amide bonds. The number of carbonyl (C=O) groups is 1. The Morgan fingerprint density at radius 3 is 2.50 bits per heavy atom. The van der Waals surface area contributed by atoms with E-state index in [1.165, 1.54) is 18.2 Å². The van der Waals surface area contributed by atoms with E-state index in [1.54, 1.807) is 11.8 Å². The predicted octanol–water partition coefficient (Wildman–Crippen LogP) is 3.14. The number of nitrogens with zero attached hydrogens (tertiary/aromatic N) is 1. The fourth-order valence-corrected chi connectivity index (χ4v) is 1.89. The third kappa shape index (κ3) is 4.64. The molecule has 20 heavy (non-hydrogen) atoms. The van der Waals surface area contributed by atoms with E-state index in [9.17, 15) is 18.0 Å². The monoisotopic (exact) mass is 290 g/mol. The Bertz CT molecular complexity index is 475. The van der Waals surface area contributed by atoms with Gasteiger partial charge in [0.05, 0.1) is 16.9 Å². The van der Waals surface area contributed by atoms with Gasteiger partial charge in [0.25, 0.3) is 0 Å². The first-order valence-electron chi connectivity index (χ1n) is 6.19. The molecule has 0 bridgehead atoms. The molecule has 4 nitrogen and oxygen atoms in total. The highest BCUT2D eigenvalue weighted by Crippen LogP contribution is 2.26. The van der Waals surface area contributed by atoms with E-state index < -0.39 is 18.6 Å². The second-order valence-corrected chi connectivity index (χ2v) is 4.38. The third-order valence-corrected chi connectivity index (χ3v) is 2.89. The number of halogens is 3. The third-order valence-electron chi connectivity index (χ3n) is 2.89. The van der Waals surface area contributed by atoms with E-state index >= 15 is 0 Å². The maximum absolute atomic E-state index is 12.1. The van der Waals surface area contributed by atoms with E-state index in [1.807, 2.05) is 0 Å². The average Bonchev–Trinajstić information content (AvgIpc) is 2.34. The van der Waals surface area contributed by atoms with E-state index in [0.29, 0.717) is 12.2 Å². The Balaban J connectivity index is 2.77. The molecule has 0 fully saturated rings. The number of hydrogen-bond acceptors (Lipinski definition) is 3. The molecular formula is C13H17F3N2O2. The molecule has 1 aromatic rings. The Kier molecular flexibility index (Phi) is 5.24. The summed E-state index contributed by atoms with van der Waals surface area (Å²) in [6.07, 6.45) is -5.05. The van der Waals surface area contributed by atoms with Crippen molar-refractivity contribution in [1.29, 1.82) is 0 Å². The van der Waals surface area contributed by atoms with Gasteiger partial charge in [-0.25, -0.2) is 4.79 Å². The molecule has 0 saturated carbocycles. The molecule has 7 heteroatoms. The van der Waals surface area contributed by atoms with Gasteiger partial charge in [-0.2, -0.15) is 13.2 Å². The summed E-state index contributed by atoms with van der Waals surface area (Å²) < 4.78 is 36.4. The van der Waals surface area contributed by atoms with E-state index in [0.717, 1.165) is 0 Å². The number of anilines is 2. The lowest BCUT2D eigenvalue weighted by molar-refractivity contribution is -0.135. The number of alkyl halides is 3. The second kappa shape index (κ2) is 6.49. The lowest BCUT2D eigenvalue weighted by atomic mass is 10.1. The first kappa shape index (κ1) is 16.1. The molecule has 1 rings (SSSR count). The van der Waals surface area contributed by atoms with Gasteiger partial charge in [-0.15, -0.1) is 0 Å². The molecule has 0 aliphatic heterocycles. The molecule has 0 atom stereocenters. The maximum atomic E-state index is 12.1. The molecule has 0 unspecified atom stereocenters. The van der Waals surface area contributed by atoms with Gasteiger partial charge in [-0.1, -0.05) is 0 Å². The highest BCUT2D eigenvalue weighted by Gasteiger charge is 2.26. The topological polar surface area (TPSA) is 66.6 Å². The average molecular weight is 290 g/mol. The Morgan fingerprint density at radius 2 is 2.05 bits per heavy atom. The number of carboxylic acids is 1. The van der Waals surface area contributed by atoms with Crippen molar-refractivity contribution in [2.45, 2.75) is 25.9 Å². The molecule has 0 aliphatic rings. The molecule has 1 aromatic carbocycles. The van der Waals surface area contributed by atoms with Crippen LogP contribution in [-0.4, -0.2) is 30.3 Å². The van der Waals surface area contributed by atoms with Crippen LogP contribution < -0.4 is 10.6 Å². The summed E-state index contributed by atoms with van der Waals surface area (Å²) in [6.45, 7) is 2.51. The molecule has 3 N–H and O–H groups in total. The normalized spacial score (nSPS) is 11.4. The van der Waals surface area contributed by atoms with Crippen LogP contribution in [0.3, 0.4) is 0 Å². The van der Waals surface area contributed by atoms with Crippen molar-refractivity contribution in [1.82, 2.24) is 0 Å². The molecule has 0 spiro atoms. The van der Waals surface area contributed by atoms with Crippen LogP contribution in [0.25, 0.3) is 0 Å². The predicted molar refractivity (Wildman–Crippen MR) is 71.0 cm³/mol. The van der Waals surface area contributed by atoms with Crippen LogP contribution in [0.1, 0.15) is 30.1 Å². The highest BCUT2D eigenvalue weighted by atomic mass is 19.4. The number of carboxylic acid groups (broad SMARTS) is 1. The molecular weight excluding hydrogens is 273 g/mol. The smallest absolute Gasteiger partial charge is 0.389 e. The van der Waals surface area contributed by atoms with Crippen LogP contribution in [0, 0.1) is 0 Å². The minimum Gasteiger partial charge on any atom is -0.478 e. The summed E-state index contributed by atoms with van der Waals surface area (Å²) >= 11 is 0.